The first-order chi connectivity index (χ1) is 10.7. The molecule has 0 unspecified atom stereocenters. The van der Waals surface area contributed by atoms with Gasteiger partial charge in [-0.25, -0.2) is 4.79 Å². The highest BCUT2D eigenvalue weighted by atomic mass is 16.4. The fraction of sp³-hybridized carbons (Fsp3) is 0. The summed E-state index contributed by atoms with van der Waals surface area (Å²) < 4.78 is 0. The van der Waals surface area contributed by atoms with Crippen molar-refractivity contribution < 1.29 is 15.0 Å². The third-order valence-electron chi connectivity index (χ3n) is 3.00. The van der Waals surface area contributed by atoms with Crippen LogP contribution in [-0.4, -0.2) is 16.2 Å². The first kappa shape index (κ1) is 15.3. The lowest BCUT2D eigenvalue weighted by Gasteiger charge is -2.00. The van der Waals surface area contributed by atoms with Gasteiger partial charge in [0.25, 0.3) is 0 Å². The predicted molar refractivity (Wildman–Crippen MR) is 86.9 cm³/mol. The second-order valence-corrected chi connectivity index (χ2v) is 4.58. The molecule has 110 valence electrons. The SMILES string of the molecule is O=C(O)c1ccccc1.Oc1ccc(-c2ccccc2)cc1. The second-order valence-electron chi connectivity index (χ2n) is 4.58. The molecule has 0 bridgehead atoms. The Bertz CT molecular complexity index is 705. The Kier molecular flexibility index (Phi) is 5.32. The third kappa shape index (κ3) is 4.49. The molecule has 0 aliphatic rings. The van der Waals surface area contributed by atoms with Gasteiger partial charge in [-0.05, 0) is 35.4 Å². The molecule has 0 saturated carbocycles. The van der Waals surface area contributed by atoms with E-state index < -0.39 is 5.97 Å². The number of carboxylic acid groups (broad SMARTS) is 1. The van der Waals surface area contributed by atoms with Crippen molar-refractivity contribution in [2.75, 3.05) is 0 Å². The molecule has 3 aromatic rings. The highest BCUT2D eigenvalue weighted by molar-refractivity contribution is 5.87. The van der Waals surface area contributed by atoms with Crippen molar-refractivity contribution in [3.05, 3.63) is 90.5 Å². The summed E-state index contributed by atoms with van der Waals surface area (Å²) in [5, 5.41) is 17.5. The Hall–Kier alpha value is -3.07. The number of phenolic OH excluding ortho intramolecular Hbond substituents is 1. The first-order valence-corrected chi connectivity index (χ1v) is 6.79. The largest absolute Gasteiger partial charge is 0.508 e. The minimum absolute atomic E-state index is 0.305. The Morgan fingerprint density at radius 2 is 1.09 bits per heavy atom. The molecule has 0 aromatic heterocycles. The van der Waals surface area contributed by atoms with Gasteiger partial charge in [-0.15, -0.1) is 0 Å². The van der Waals surface area contributed by atoms with Crippen LogP contribution in [0.4, 0.5) is 0 Å². The fourth-order valence-electron chi connectivity index (χ4n) is 1.87. The molecule has 2 N–H and O–H groups in total. The molecule has 3 heteroatoms. The Balaban J connectivity index is 0.000000172. The maximum Gasteiger partial charge on any atom is 0.335 e. The fourth-order valence-corrected chi connectivity index (χ4v) is 1.87. The molecule has 3 aromatic carbocycles. The molecule has 0 radical (unpaired) electrons. The van der Waals surface area contributed by atoms with E-state index in [2.05, 4.69) is 0 Å². The van der Waals surface area contributed by atoms with E-state index in [4.69, 9.17) is 10.2 Å². The predicted octanol–water partition coefficient (Wildman–Crippen LogP) is 4.44. The standard InChI is InChI=1S/C12H10O.C7H6O2/c13-12-8-6-11(7-9-12)10-4-2-1-3-5-10;8-7(9)6-4-2-1-3-5-6/h1-9,13H;1-5H,(H,8,9). The molecule has 0 aliphatic carbocycles. The summed E-state index contributed by atoms with van der Waals surface area (Å²) in [6, 6.07) is 25.6. The van der Waals surface area contributed by atoms with Crippen molar-refractivity contribution in [3.8, 4) is 16.9 Å². The average Bonchev–Trinajstić information content (AvgIpc) is 2.58. The van der Waals surface area contributed by atoms with Crippen LogP contribution in [0.1, 0.15) is 10.4 Å². The number of phenols is 1. The minimum atomic E-state index is -0.879. The van der Waals surface area contributed by atoms with Crippen LogP contribution in [0.15, 0.2) is 84.9 Å². The highest BCUT2D eigenvalue weighted by Gasteiger charge is 1.96. The van der Waals surface area contributed by atoms with E-state index in [1.54, 1.807) is 42.5 Å². The van der Waals surface area contributed by atoms with Crippen LogP contribution >= 0.6 is 0 Å². The summed E-state index contributed by atoms with van der Waals surface area (Å²) in [4.78, 5) is 10.2. The maximum atomic E-state index is 10.2. The highest BCUT2D eigenvalue weighted by Crippen LogP contribution is 2.20. The van der Waals surface area contributed by atoms with Gasteiger partial charge in [0, 0.05) is 0 Å². The number of aromatic hydroxyl groups is 1. The van der Waals surface area contributed by atoms with E-state index in [9.17, 15) is 4.79 Å². The van der Waals surface area contributed by atoms with E-state index in [0.717, 1.165) is 5.56 Å². The summed E-state index contributed by atoms with van der Waals surface area (Å²) >= 11 is 0. The van der Waals surface area contributed by atoms with Crippen molar-refractivity contribution in [1.82, 2.24) is 0 Å². The topological polar surface area (TPSA) is 57.5 Å². The molecule has 22 heavy (non-hydrogen) atoms. The Morgan fingerprint density at radius 1 is 0.636 bits per heavy atom. The molecule has 0 spiro atoms. The molecule has 0 fully saturated rings. The average molecular weight is 292 g/mol. The van der Waals surface area contributed by atoms with E-state index in [1.165, 1.54) is 5.56 Å². The van der Waals surface area contributed by atoms with Gasteiger partial charge in [-0.1, -0.05) is 60.7 Å². The number of hydrogen-bond acceptors (Lipinski definition) is 2. The molecular weight excluding hydrogens is 276 g/mol. The van der Waals surface area contributed by atoms with Crippen LogP contribution in [0.2, 0.25) is 0 Å². The zero-order chi connectivity index (χ0) is 15.8. The van der Waals surface area contributed by atoms with E-state index >= 15 is 0 Å². The quantitative estimate of drug-likeness (QED) is 0.734. The zero-order valence-electron chi connectivity index (χ0n) is 11.9. The van der Waals surface area contributed by atoms with Crippen LogP contribution in [0.25, 0.3) is 11.1 Å². The molecule has 0 aliphatic heterocycles. The summed E-state index contributed by atoms with van der Waals surface area (Å²) in [7, 11) is 0. The molecule has 3 nitrogen and oxygen atoms in total. The van der Waals surface area contributed by atoms with Gasteiger partial charge >= 0.3 is 5.97 Å². The van der Waals surface area contributed by atoms with Crippen LogP contribution in [0.3, 0.4) is 0 Å². The summed E-state index contributed by atoms with van der Waals surface area (Å²) in [6.07, 6.45) is 0. The number of carboxylic acids is 1. The Labute approximate surface area is 129 Å². The summed E-state index contributed by atoms with van der Waals surface area (Å²) in [6.45, 7) is 0. The van der Waals surface area contributed by atoms with Gasteiger partial charge in [0.05, 0.1) is 5.56 Å². The minimum Gasteiger partial charge on any atom is -0.508 e. The number of carbonyl (C=O) groups is 1. The zero-order valence-corrected chi connectivity index (χ0v) is 11.9. The number of hydrogen-bond donors (Lipinski definition) is 2. The molecule has 0 amide bonds. The van der Waals surface area contributed by atoms with Crippen LogP contribution in [0, 0.1) is 0 Å². The van der Waals surface area contributed by atoms with Crippen molar-refractivity contribution in [3.63, 3.8) is 0 Å². The number of rotatable bonds is 2. The van der Waals surface area contributed by atoms with E-state index in [-0.39, 0.29) is 0 Å². The van der Waals surface area contributed by atoms with Crippen LogP contribution < -0.4 is 0 Å². The summed E-state index contributed by atoms with van der Waals surface area (Å²) in [5.41, 5.74) is 2.62. The lowest BCUT2D eigenvalue weighted by molar-refractivity contribution is 0.0697. The molecule has 0 atom stereocenters. The maximum absolute atomic E-state index is 10.2. The van der Waals surface area contributed by atoms with Crippen molar-refractivity contribution in [2.45, 2.75) is 0 Å². The third-order valence-corrected chi connectivity index (χ3v) is 3.00. The lowest BCUT2D eigenvalue weighted by Crippen LogP contribution is -1.93. The smallest absolute Gasteiger partial charge is 0.335 e. The van der Waals surface area contributed by atoms with Crippen LogP contribution in [-0.2, 0) is 0 Å². The monoisotopic (exact) mass is 292 g/mol. The molecular formula is C19H16O3. The van der Waals surface area contributed by atoms with Crippen molar-refractivity contribution in [2.24, 2.45) is 0 Å². The van der Waals surface area contributed by atoms with Crippen molar-refractivity contribution >= 4 is 5.97 Å². The van der Waals surface area contributed by atoms with Gasteiger partial charge in [-0.3, -0.25) is 0 Å². The van der Waals surface area contributed by atoms with Crippen LogP contribution in [0.5, 0.6) is 5.75 Å². The van der Waals surface area contributed by atoms with Gasteiger partial charge in [-0.2, -0.15) is 0 Å². The van der Waals surface area contributed by atoms with Gasteiger partial charge < -0.3 is 10.2 Å². The molecule has 0 heterocycles. The Morgan fingerprint density at radius 3 is 1.55 bits per heavy atom. The molecule has 3 rings (SSSR count). The number of benzene rings is 3. The van der Waals surface area contributed by atoms with Gasteiger partial charge in [0.15, 0.2) is 0 Å². The van der Waals surface area contributed by atoms with Crippen molar-refractivity contribution in [1.29, 1.82) is 0 Å². The molecule has 0 saturated heterocycles. The van der Waals surface area contributed by atoms with E-state index in [1.807, 2.05) is 42.5 Å². The lowest BCUT2D eigenvalue weighted by atomic mass is 10.1. The summed E-state index contributed by atoms with van der Waals surface area (Å²) in [5.74, 6) is -0.574. The first-order valence-electron chi connectivity index (χ1n) is 6.79. The number of aromatic carboxylic acids is 1. The second kappa shape index (κ2) is 7.64. The van der Waals surface area contributed by atoms with Gasteiger partial charge in [0.2, 0.25) is 0 Å². The van der Waals surface area contributed by atoms with E-state index in [0.29, 0.717) is 11.3 Å². The normalized spacial score (nSPS) is 9.45. The van der Waals surface area contributed by atoms with Gasteiger partial charge in [0.1, 0.15) is 5.75 Å².